The molecule has 1 aromatic rings. The van der Waals surface area contributed by atoms with Crippen LogP contribution < -0.4 is 4.90 Å². The Hall–Kier alpha value is -1.22. The van der Waals surface area contributed by atoms with Gasteiger partial charge in [0.25, 0.3) is 0 Å². The molecular formula is C14H18ClNO2. The average Bonchev–Trinajstić information content (AvgIpc) is 2.28. The first kappa shape index (κ1) is 13.2. The van der Waals surface area contributed by atoms with Gasteiger partial charge in [0.1, 0.15) is 0 Å². The van der Waals surface area contributed by atoms with Crippen LogP contribution in [0.4, 0.5) is 5.69 Å². The Morgan fingerprint density at radius 2 is 1.94 bits per heavy atom. The van der Waals surface area contributed by atoms with Crippen molar-refractivity contribution in [2.75, 3.05) is 18.0 Å². The highest BCUT2D eigenvalue weighted by Gasteiger charge is 2.39. The van der Waals surface area contributed by atoms with Crippen LogP contribution in [0.5, 0.6) is 0 Å². The average molecular weight is 268 g/mol. The van der Waals surface area contributed by atoms with Crippen LogP contribution in [-0.2, 0) is 0 Å². The van der Waals surface area contributed by atoms with Crippen LogP contribution in [0.3, 0.4) is 0 Å². The minimum atomic E-state index is -0.934. The van der Waals surface area contributed by atoms with E-state index in [4.69, 9.17) is 16.7 Å². The van der Waals surface area contributed by atoms with Gasteiger partial charge in [0.05, 0.1) is 5.56 Å². The number of hydrogen-bond acceptors (Lipinski definition) is 2. The third-order valence-corrected chi connectivity index (χ3v) is 4.27. The fraction of sp³-hybridized carbons (Fsp3) is 0.500. The first-order valence-electron chi connectivity index (χ1n) is 6.28. The first-order valence-corrected chi connectivity index (χ1v) is 6.66. The molecule has 0 bridgehead atoms. The maximum atomic E-state index is 11.0. The monoisotopic (exact) mass is 267 g/mol. The number of nitrogens with zero attached hydrogens (tertiary/aromatic N) is 1. The van der Waals surface area contributed by atoms with E-state index in [0.717, 1.165) is 31.6 Å². The molecule has 1 aromatic carbocycles. The van der Waals surface area contributed by atoms with Gasteiger partial charge in [0.2, 0.25) is 0 Å². The summed E-state index contributed by atoms with van der Waals surface area (Å²) in [7, 11) is 0. The zero-order valence-corrected chi connectivity index (χ0v) is 11.5. The zero-order chi connectivity index (χ0) is 13.3. The Morgan fingerprint density at radius 3 is 2.44 bits per heavy atom. The lowest BCUT2D eigenvalue weighted by Crippen LogP contribution is -2.55. The van der Waals surface area contributed by atoms with E-state index >= 15 is 0 Å². The van der Waals surface area contributed by atoms with Gasteiger partial charge in [0.15, 0.2) is 0 Å². The minimum absolute atomic E-state index is 0.253. The fourth-order valence-electron chi connectivity index (χ4n) is 2.52. The number of halogens is 1. The minimum Gasteiger partial charge on any atom is -0.478 e. The van der Waals surface area contributed by atoms with E-state index in [9.17, 15) is 4.79 Å². The number of benzene rings is 1. The molecule has 1 fully saturated rings. The molecule has 1 saturated heterocycles. The quantitative estimate of drug-likeness (QED) is 0.905. The first-order chi connectivity index (χ1) is 8.49. The standard InChI is InChI=1S/C14H18ClNO2/c1-3-14(4-2)8-16(9-14)12-6-10(13(17)18)5-11(15)7-12/h5-7H,3-4,8-9H2,1-2H3,(H,17,18). The van der Waals surface area contributed by atoms with Crippen molar-refractivity contribution >= 4 is 23.3 Å². The fourth-order valence-corrected chi connectivity index (χ4v) is 2.75. The van der Waals surface area contributed by atoms with Crippen molar-refractivity contribution in [1.82, 2.24) is 0 Å². The van der Waals surface area contributed by atoms with E-state index in [2.05, 4.69) is 18.7 Å². The van der Waals surface area contributed by atoms with Gasteiger partial charge in [-0.05, 0) is 31.0 Å². The van der Waals surface area contributed by atoms with E-state index < -0.39 is 5.97 Å². The maximum Gasteiger partial charge on any atom is 0.335 e. The summed E-state index contributed by atoms with van der Waals surface area (Å²) in [6.07, 6.45) is 2.32. The molecule has 3 nitrogen and oxygen atoms in total. The van der Waals surface area contributed by atoms with Crippen molar-refractivity contribution < 1.29 is 9.90 Å². The van der Waals surface area contributed by atoms with Crippen molar-refractivity contribution in [3.8, 4) is 0 Å². The summed E-state index contributed by atoms with van der Waals surface area (Å²) in [6, 6.07) is 5.02. The molecule has 1 aliphatic heterocycles. The molecule has 98 valence electrons. The second-order valence-electron chi connectivity index (χ2n) is 5.07. The van der Waals surface area contributed by atoms with Crippen molar-refractivity contribution in [3.63, 3.8) is 0 Å². The van der Waals surface area contributed by atoms with Crippen molar-refractivity contribution in [2.24, 2.45) is 5.41 Å². The molecule has 1 aliphatic rings. The molecule has 1 N–H and O–H groups in total. The van der Waals surface area contributed by atoms with Crippen LogP contribution in [0, 0.1) is 5.41 Å². The molecule has 0 atom stereocenters. The topological polar surface area (TPSA) is 40.5 Å². The van der Waals surface area contributed by atoms with Gasteiger partial charge >= 0.3 is 5.97 Å². The molecule has 0 unspecified atom stereocenters. The molecule has 0 saturated carbocycles. The Bertz CT molecular complexity index is 461. The number of anilines is 1. The molecule has 0 aliphatic carbocycles. The van der Waals surface area contributed by atoms with Gasteiger partial charge in [-0.1, -0.05) is 25.4 Å². The summed E-state index contributed by atoms with van der Waals surface area (Å²) in [5.74, 6) is -0.934. The summed E-state index contributed by atoms with van der Waals surface area (Å²) in [6.45, 7) is 6.39. The van der Waals surface area contributed by atoms with E-state index in [0.29, 0.717) is 10.4 Å². The lowest BCUT2D eigenvalue weighted by atomic mass is 9.75. The van der Waals surface area contributed by atoms with Gasteiger partial charge in [-0.25, -0.2) is 4.79 Å². The summed E-state index contributed by atoms with van der Waals surface area (Å²) >= 11 is 5.97. The van der Waals surface area contributed by atoms with Gasteiger partial charge in [-0.15, -0.1) is 0 Å². The smallest absolute Gasteiger partial charge is 0.335 e. The maximum absolute atomic E-state index is 11.0. The van der Waals surface area contributed by atoms with Gasteiger partial charge in [-0.2, -0.15) is 0 Å². The van der Waals surface area contributed by atoms with Crippen LogP contribution in [0.1, 0.15) is 37.0 Å². The molecule has 18 heavy (non-hydrogen) atoms. The van der Waals surface area contributed by atoms with E-state index in [1.54, 1.807) is 6.07 Å². The number of carbonyl (C=O) groups is 1. The summed E-state index contributed by atoms with van der Waals surface area (Å²) in [5.41, 5.74) is 1.56. The summed E-state index contributed by atoms with van der Waals surface area (Å²) in [5, 5.41) is 9.51. The molecular weight excluding hydrogens is 250 g/mol. The van der Waals surface area contributed by atoms with Crippen LogP contribution in [0.25, 0.3) is 0 Å². The summed E-state index contributed by atoms with van der Waals surface area (Å²) in [4.78, 5) is 13.2. The molecule has 1 heterocycles. The van der Waals surface area contributed by atoms with E-state index in [1.807, 2.05) is 6.07 Å². The molecule has 0 aromatic heterocycles. The molecule has 0 radical (unpaired) electrons. The molecule has 2 rings (SSSR count). The van der Waals surface area contributed by atoms with Gasteiger partial charge in [-0.3, -0.25) is 0 Å². The predicted octanol–water partition coefficient (Wildman–Crippen LogP) is 3.66. The highest BCUT2D eigenvalue weighted by Crippen LogP contribution is 2.40. The second-order valence-corrected chi connectivity index (χ2v) is 5.50. The molecule has 4 heteroatoms. The van der Waals surface area contributed by atoms with Gasteiger partial charge < -0.3 is 10.0 Å². The number of hydrogen-bond donors (Lipinski definition) is 1. The number of aromatic carboxylic acids is 1. The number of carboxylic acid groups (broad SMARTS) is 1. The van der Waals surface area contributed by atoms with Crippen molar-refractivity contribution in [3.05, 3.63) is 28.8 Å². The Balaban J connectivity index is 2.19. The van der Waals surface area contributed by atoms with Crippen LogP contribution in [-0.4, -0.2) is 24.2 Å². The third-order valence-electron chi connectivity index (χ3n) is 4.05. The second kappa shape index (κ2) is 4.81. The molecule has 0 amide bonds. The SMILES string of the molecule is CCC1(CC)CN(c2cc(Cl)cc(C(=O)O)c2)C1. The third kappa shape index (κ3) is 2.32. The zero-order valence-electron chi connectivity index (χ0n) is 10.7. The summed E-state index contributed by atoms with van der Waals surface area (Å²) < 4.78 is 0. The normalized spacial score (nSPS) is 17.4. The largest absolute Gasteiger partial charge is 0.478 e. The highest BCUT2D eigenvalue weighted by molar-refractivity contribution is 6.31. The Morgan fingerprint density at radius 1 is 1.33 bits per heavy atom. The lowest BCUT2D eigenvalue weighted by molar-refractivity contribution is 0.0697. The Labute approximate surface area is 112 Å². The van der Waals surface area contributed by atoms with Crippen molar-refractivity contribution in [2.45, 2.75) is 26.7 Å². The predicted molar refractivity (Wildman–Crippen MR) is 73.6 cm³/mol. The van der Waals surface area contributed by atoms with Crippen LogP contribution >= 0.6 is 11.6 Å². The number of rotatable bonds is 4. The lowest BCUT2D eigenvalue weighted by Gasteiger charge is -2.51. The van der Waals surface area contributed by atoms with E-state index in [1.165, 1.54) is 6.07 Å². The molecule has 0 spiro atoms. The van der Waals surface area contributed by atoms with Crippen molar-refractivity contribution in [1.29, 1.82) is 0 Å². The van der Waals surface area contributed by atoms with Gasteiger partial charge in [0, 0.05) is 29.2 Å². The number of carboxylic acids is 1. The Kier molecular flexibility index (Phi) is 3.53. The van der Waals surface area contributed by atoms with Crippen LogP contribution in [0.2, 0.25) is 5.02 Å². The van der Waals surface area contributed by atoms with Crippen LogP contribution in [0.15, 0.2) is 18.2 Å². The van der Waals surface area contributed by atoms with E-state index in [-0.39, 0.29) is 5.56 Å². The highest BCUT2D eigenvalue weighted by atomic mass is 35.5.